The molecule has 0 unspecified atom stereocenters. The quantitative estimate of drug-likeness (QED) is 0.744. The highest BCUT2D eigenvalue weighted by molar-refractivity contribution is 6.31. The minimum Gasteiger partial charge on any atom is -0.320 e. The number of nitrogens with one attached hydrogen (secondary N) is 1. The zero-order valence-electron chi connectivity index (χ0n) is 14.0. The van der Waals surface area contributed by atoms with Crippen molar-refractivity contribution >= 4 is 34.8 Å². The Kier molecular flexibility index (Phi) is 4.83. The Bertz CT molecular complexity index is 945. The van der Waals surface area contributed by atoms with Crippen LogP contribution in [0.2, 0.25) is 10.0 Å². The monoisotopic (exact) mass is 377 g/mol. The smallest absolute Gasteiger partial charge is 0.276 e. The van der Waals surface area contributed by atoms with Crippen molar-refractivity contribution in [2.45, 2.75) is 27.4 Å². The van der Waals surface area contributed by atoms with Crippen LogP contribution >= 0.6 is 23.2 Å². The second-order valence-electron chi connectivity index (χ2n) is 5.78. The van der Waals surface area contributed by atoms with Crippen LogP contribution < -0.4 is 5.32 Å². The first-order valence-electron chi connectivity index (χ1n) is 7.65. The number of carbonyl (C=O) groups excluding carboxylic acids is 1. The molecule has 25 heavy (non-hydrogen) atoms. The van der Waals surface area contributed by atoms with Gasteiger partial charge in [-0.3, -0.25) is 9.48 Å². The highest BCUT2D eigenvalue weighted by Crippen LogP contribution is 2.21. The molecule has 0 saturated heterocycles. The van der Waals surface area contributed by atoms with E-state index < -0.39 is 0 Å². The van der Waals surface area contributed by atoms with E-state index in [0.717, 1.165) is 17.0 Å². The number of aryl methyl sites for hydroxylation is 2. The molecule has 6 nitrogen and oxygen atoms in total. The molecule has 0 aliphatic heterocycles. The maximum atomic E-state index is 12.4. The number of carbonyl (C=O) groups is 1. The average Bonchev–Trinajstić information content (AvgIpc) is 3.13. The molecular weight excluding hydrogens is 361 g/mol. The van der Waals surface area contributed by atoms with Crippen LogP contribution in [0.5, 0.6) is 0 Å². The lowest BCUT2D eigenvalue weighted by molar-refractivity contribution is 0.102. The van der Waals surface area contributed by atoms with Gasteiger partial charge in [-0.15, -0.1) is 0 Å². The second kappa shape index (κ2) is 6.90. The summed E-state index contributed by atoms with van der Waals surface area (Å²) in [6, 6.07) is 7.00. The van der Waals surface area contributed by atoms with Crippen LogP contribution in [0, 0.1) is 20.8 Å². The first kappa shape index (κ1) is 17.5. The van der Waals surface area contributed by atoms with E-state index in [1.165, 1.54) is 0 Å². The third kappa shape index (κ3) is 3.70. The van der Waals surface area contributed by atoms with Crippen molar-refractivity contribution in [2.24, 2.45) is 0 Å². The van der Waals surface area contributed by atoms with E-state index in [1.54, 1.807) is 33.8 Å². The van der Waals surface area contributed by atoms with Gasteiger partial charge in [-0.05, 0) is 44.5 Å². The van der Waals surface area contributed by atoms with E-state index in [0.29, 0.717) is 28.1 Å². The molecule has 3 rings (SSSR count). The number of amides is 1. The lowest BCUT2D eigenvalue weighted by atomic mass is 10.2. The van der Waals surface area contributed by atoms with Gasteiger partial charge in [-0.2, -0.15) is 10.2 Å². The number of hydrogen-bond acceptors (Lipinski definition) is 3. The summed E-state index contributed by atoms with van der Waals surface area (Å²) < 4.78 is 3.38. The van der Waals surface area contributed by atoms with Gasteiger partial charge in [0, 0.05) is 16.9 Å². The molecule has 8 heteroatoms. The van der Waals surface area contributed by atoms with Gasteiger partial charge in [0.15, 0.2) is 5.69 Å². The van der Waals surface area contributed by atoms with Gasteiger partial charge in [-0.1, -0.05) is 29.3 Å². The van der Waals surface area contributed by atoms with Crippen LogP contribution in [0.1, 0.15) is 27.4 Å². The molecule has 2 heterocycles. The molecule has 0 fully saturated rings. The zero-order chi connectivity index (χ0) is 18.1. The Hall–Kier alpha value is -2.31. The summed E-state index contributed by atoms with van der Waals surface area (Å²) in [6.07, 6.45) is 1.73. The van der Waals surface area contributed by atoms with Crippen molar-refractivity contribution in [1.29, 1.82) is 0 Å². The predicted octanol–water partition coefficient (Wildman–Crippen LogP) is 4.07. The number of rotatable bonds is 4. The van der Waals surface area contributed by atoms with Gasteiger partial charge in [0.2, 0.25) is 0 Å². The molecule has 0 aliphatic carbocycles. The van der Waals surface area contributed by atoms with Crippen LogP contribution in [0.4, 0.5) is 5.69 Å². The van der Waals surface area contributed by atoms with Crippen LogP contribution in [-0.2, 0) is 6.67 Å². The van der Waals surface area contributed by atoms with Crippen LogP contribution in [-0.4, -0.2) is 25.5 Å². The molecule has 130 valence electrons. The lowest BCUT2D eigenvalue weighted by Crippen LogP contribution is -2.16. The predicted molar refractivity (Wildman–Crippen MR) is 98.5 cm³/mol. The standard InChI is InChI=1S/C17H17Cl2N5O/c1-10-4-5-13(18)8-15(10)20-17(25)14-6-7-23(22-14)9-24-12(3)16(19)11(2)21-24/h4-8H,9H2,1-3H3,(H,20,25). The molecule has 0 radical (unpaired) electrons. The van der Waals surface area contributed by atoms with Crippen molar-refractivity contribution in [3.63, 3.8) is 0 Å². The van der Waals surface area contributed by atoms with E-state index in [1.807, 2.05) is 26.8 Å². The summed E-state index contributed by atoms with van der Waals surface area (Å²) in [6.45, 7) is 6.02. The number of halogens is 2. The van der Waals surface area contributed by atoms with Crippen molar-refractivity contribution in [2.75, 3.05) is 5.32 Å². The Morgan fingerprint density at radius 3 is 2.60 bits per heavy atom. The SMILES string of the molecule is Cc1ccc(Cl)cc1NC(=O)c1ccn(Cn2nc(C)c(Cl)c2C)n1. The van der Waals surface area contributed by atoms with Gasteiger partial charge in [0.05, 0.1) is 16.4 Å². The topological polar surface area (TPSA) is 64.7 Å². The van der Waals surface area contributed by atoms with E-state index in [9.17, 15) is 4.79 Å². The van der Waals surface area contributed by atoms with Crippen LogP contribution in [0.25, 0.3) is 0 Å². The summed E-state index contributed by atoms with van der Waals surface area (Å²) in [4.78, 5) is 12.4. The fourth-order valence-electron chi connectivity index (χ4n) is 2.43. The number of anilines is 1. The van der Waals surface area contributed by atoms with E-state index in [-0.39, 0.29) is 5.91 Å². The van der Waals surface area contributed by atoms with Gasteiger partial charge >= 0.3 is 0 Å². The number of benzene rings is 1. The molecular formula is C17H17Cl2N5O. The lowest BCUT2D eigenvalue weighted by Gasteiger charge is -2.07. The summed E-state index contributed by atoms with van der Waals surface area (Å²) >= 11 is 12.1. The first-order chi connectivity index (χ1) is 11.8. The van der Waals surface area contributed by atoms with Gasteiger partial charge in [0.1, 0.15) is 6.67 Å². The summed E-state index contributed by atoms with van der Waals surface area (Å²) in [5, 5.41) is 12.7. The molecule has 3 aromatic rings. The highest BCUT2D eigenvalue weighted by Gasteiger charge is 2.13. The molecule has 1 N–H and O–H groups in total. The average molecular weight is 378 g/mol. The summed E-state index contributed by atoms with van der Waals surface area (Å²) in [7, 11) is 0. The van der Waals surface area contributed by atoms with Crippen molar-refractivity contribution in [1.82, 2.24) is 19.6 Å². The maximum Gasteiger partial charge on any atom is 0.276 e. The molecule has 1 aromatic carbocycles. The molecule has 1 amide bonds. The van der Waals surface area contributed by atoms with Crippen LogP contribution in [0.3, 0.4) is 0 Å². The Labute approximate surface area is 155 Å². The van der Waals surface area contributed by atoms with Gasteiger partial charge < -0.3 is 5.32 Å². The maximum absolute atomic E-state index is 12.4. The Morgan fingerprint density at radius 1 is 1.16 bits per heavy atom. The Morgan fingerprint density at radius 2 is 1.92 bits per heavy atom. The first-order valence-corrected chi connectivity index (χ1v) is 8.41. The fraction of sp³-hybridized carbons (Fsp3) is 0.235. The summed E-state index contributed by atoms with van der Waals surface area (Å²) in [5.41, 5.74) is 3.52. The zero-order valence-corrected chi connectivity index (χ0v) is 15.6. The molecule has 0 aliphatic rings. The number of aromatic nitrogens is 4. The van der Waals surface area contributed by atoms with E-state index in [2.05, 4.69) is 15.5 Å². The summed E-state index contributed by atoms with van der Waals surface area (Å²) in [5.74, 6) is -0.296. The minimum atomic E-state index is -0.296. The Balaban J connectivity index is 1.75. The largest absolute Gasteiger partial charge is 0.320 e. The van der Waals surface area contributed by atoms with E-state index in [4.69, 9.17) is 23.2 Å². The minimum absolute atomic E-state index is 0.296. The van der Waals surface area contributed by atoms with Gasteiger partial charge in [-0.25, -0.2) is 4.68 Å². The molecule has 0 bridgehead atoms. The third-order valence-electron chi connectivity index (χ3n) is 3.89. The van der Waals surface area contributed by atoms with Crippen LogP contribution in [0.15, 0.2) is 30.5 Å². The fourth-order valence-corrected chi connectivity index (χ4v) is 2.73. The molecule has 0 spiro atoms. The molecule has 2 aromatic heterocycles. The second-order valence-corrected chi connectivity index (χ2v) is 6.59. The molecule has 0 atom stereocenters. The molecule has 0 saturated carbocycles. The van der Waals surface area contributed by atoms with E-state index >= 15 is 0 Å². The number of hydrogen-bond donors (Lipinski definition) is 1. The normalized spacial score (nSPS) is 10.9. The number of nitrogens with zero attached hydrogens (tertiary/aromatic N) is 4. The third-order valence-corrected chi connectivity index (χ3v) is 4.68. The van der Waals surface area contributed by atoms with Crippen molar-refractivity contribution in [3.05, 3.63) is 63.2 Å². The van der Waals surface area contributed by atoms with Crippen molar-refractivity contribution in [3.8, 4) is 0 Å². The van der Waals surface area contributed by atoms with Gasteiger partial charge in [0.25, 0.3) is 5.91 Å². The van der Waals surface area contributed by atoms with Crippen molar-refractivity contribution < 1.29 is 4.79 Å². The highest BCUT2D eigenvalue weighted by atomic mass is 35.5.